The van der Waals surface area contributed by atoms with Gasteiger partial charge in [0.15, 0.2) is 5.82 Å². The number of nitrogens with zero attached hydrogens (tertiary/aromatic N) is 5. The number of aromatic nitrogens is 3. The number of ether oxygens (including phenoxy) is 1. The van der Waals surface area contributed by atoms with Crippen LogP contribution in [-0.4, -0.2) is 15.2 Å². The van der Waals surface area contributed by atoms with E-state index in [1.165, 1.54) is 0 Å². The highest BCUT2D eigenvalue weighted by Gasteiger charge is 2.13. The first-order valence-corrected chi connectivity index (χ1v) is 12.3. The third kappa shape index (κ3) is 4.67. The van der Waals surface area contributed by atoms with Crippen molar-refractivity contribution in [3.8, 4) is 34.9 Å². The van der Waals surface area contributed by atoms with Crippen LogP contribution in [-0.2, 0) is 0 Å². The summed E-state index contributed by atoms with van der Waals surface area (Å²) in [7, 11) is 0. The smallest absolute Gasteiger partial charge is 0.161 e. The fourth-order valence-electron chi connectivity index (χ4n) is 4.32. The van der Waals surface area contributed by atoms with E-state index >= 15 is 0 Å². The summed E-state index contributed by atoms with van der Waals surface area (Å²) >= 11 is 6.12. The Hall–Kier alpha value is -5.50. The van der Waals surface area contributed by atoms with Crippen molar-refractivity contribution < 1.29 is 4.74 Å². The molecule has 39 heavy (non-hydrogen) atoms. The summed E-state index contributed by atoms with van der Waals surface area (Å²) < 4.78 is 6.12. The van der Waals surface area contributed by atoms with E-state index in [9.17, 15) is 5.26 Å². The molecule has 0 aliphatic heterocycles. The maximum Gasteiger partial charge on any atom is 0.161 e. The number of halogens is 1. The fraction of sp³-hybridized carbons (Fsp3) is 0. The first-order valence-electron chi connectivity index (χ1n) is 11.9. The first-order chi connectivity index (χ1) is 19.1. The number of nitriles is 2. The van der Waals surface area contributed by atoms with Crippen molar-refractivity contribution in [2.75, 3.05) is 5.32 Å². The first kappa shape index (κ1) is 23.9. The molecule has 0 spiro atoms. The monoisotopic (exact) mass is 524 g/mol. The number of hydrogen-bond donors (Lipinski definition) is 1. The van der Waals surface area contributed by atoms with Gasteiger partial charge in [0.2, 0.25) is 0 Å². The van der Waals surface area contributed by atoms with Gasteiger partial charge in [0, 0.05) is 33.6 Å². The summed E-state index contributed by atoms with van der Waals surface area (Å²) in [6.45, 7) is 0. The standard InChI is InChI=1S/C31H17ClN6O/c32-27-12-6-20(16-21(27)18-34)30-24-3-1-2-4-25(24)31(38-37-30)36-22-7-9-23(10-8-22)39-29-13-14-35-28-15-19(17-33)5-11-26(28)29/h1-16H,(H,36,38). The summed E-state index contributed by atoms with van der Waals surface area (Å²) in [5.41, 5.74) is 3.87. The normalized spacial score (nSPS) is 10.6. The Kier molecular flexibility index (Phi) is 6.18. The van der Waals surface area contributed by atoms with Crippen LogP contribution in [0.25, 0.3) is 32.9 Å². The lowest BCUT2D eigenvalue weighted by atomic mass is 10.0. The van der Waals surface area contributed by atoms with Crippen LogP contribution in [0, 0.1) is 22.7 Å². The molecule has 0 aliphatic carbocycles. The van der Waals surface area contributed by atoms with Crippen LogP contribution >= 0.6 is 11.6 Å². The van der Waals surface area contributed by atoms with Crippen LogP contribution < -0.4 is 10.1 Å². The quantitative estimate of drug-likeness (QED) is 0.245. The molecule has 0 bridgehead atoms. The Morgan fingerprint density at radius 2 is 1.59 bits per heavy atom. The minimum Gasteiger partial charge on any atom is -0.457 e. The molecule has 0 amide bonds. The molecule has 0 saturated carbocycles. The summed E-state index contributed by atoms with van der Waals surface area (Å²) in [4.78, 5) is 4.34. The number of hydrogen-bond acceptors (Lipinski definition) is 7. The molecule has 0 aliphatic rings. The second-order valence-corrected chi connectivity index (χ2v) is 9.06. The number of pyridine rings is 1. The molecular formula is C31H17ClN6O. The summed E-state index contributed by atoms with van der Waals surface area (Å²) in [5.74, 6) is 1.91. The highest BCUT2D eigenvalue weighted by molar-refractivity contribution is 6.31. The minimum absolute atomic E-state index is 0.385. The number of nitrogens with one attached hydrogen (secondary N) is 1. The average molecular weight is 525 g/mol. The summed E-state index contributed by atoms with van der Waals surface area (Å²) in [6, 6.07) is 32.0. The molecule has 6 aromatic rings. The molecule has 0 unspecified atom stereocenters. The molecule has 7 nitrogen and oxygen atoms in total. The highest BCUT2D eigenvalue weighted by Crippen LogP contribution is 2.34. The van der Waals surface area contributed by atoms with E-state index in [4.69, 9.17) is 21.6 Å². The van der Waals surface area contributed by atoms with Crippen LogP contribution in [0.3, 0.4) is 0 Å². The van der Waals surface area contributed by atoms with Crippen LogP contribution in [0.15, 0.2) is 97.2 Å². The molecule has 8 heteroatoms. The molecule has 6 rings (SSSR count). The van der Waals surface area contributed by atoms with Crippen molar-refractivity contribution in [3.05, 3.63) is 113 Å². The highest BCUT2D eigenvalue weighted by atomic mass is 35.5. The van der Waals surface area contributed by atoms with Crippen molar-refractivity contribution in [1.29, 1.82) is 10.5 Å². The van der Waals surface area contributed by atoms with Crippen LogP contribution in [0.2, 0.25) is 5.02 Å². The maximum atomic E-state index is 9.38. The van der Waals surface area contributed by atoms with Crippen LogP contribution in [0.1, 0.15) is 11.1 Å². The Labute approximate surface area is 228 Å². The van der Waals surface area contributed by atoms with Gasteiger partial charge in [-0.25, -0.2) is 0 Å². The average Bonchev–Trinajstić information content (AvgIpc) is 2.98. The van der Waals surface area contributed by atoms with Gasteiger partial charge in [0.05, 0.1) is 27.7 Å². The Bertz CT molecular complexity index is 1960. The van der Waals surface area contributed by atoms with Crippen molar-refractivity contribution in [3.63, 3.8) is 0 Å². The van der Waals surface area contributed by atoms with Gasteiger partial charge in [-0.05, 0) is 60.7 Å². The molecule has 1 N–H and O–H groups in total. The van der Waals surface area contributed by atoms with Gasteiger partial charge in [-0.2, -0.15) is 10.5 Å². The van der Waals surface area contributed by atoms with Gasteiger partial charge in [-0.3, -0.25) is 4.98 Å². The van der Waals surface area contributed by atoms with Gasteiger partial charge >= 0.3 is 0 Å². The largest absolute Gasteiger partial charge is 0.457 e. The molecule has 2 aromatic heterocycles. The lowest BCUT2D eigenvalue weighted by molar-refractivity contribution is 0.488. The Morgan fingerprint density at radius 1 is 0.769 bits per heavy atom. The molecule has 2 heterocycles. The molecule has 4 aromatic carbocycles. The van der Waals surface area contributed by atoms with E-state index < -0.39 is 0 Å². The zero-order valence-corrected chi connectivity index (χ0v) is 21.0. The summed E-state index contributed by atoms with van der Waals surface area (Å²) in [5, 5.41) is 33.8. The van der Waals surface area contributed by atoms with Crippen molar-refractivity contribution in [2.45, 2.75) is 0 Å². The third-order valence-corrected chi connectivity index (χ3v) is 6.55. The van der Waals surface area contributed by atoms with Gasteiger partial charge in [0.25, 0.3) is 0 Å². The predicted molar refractivity (Wildman–Crippen MR) is 151 cm³/mol. The molecule has 184 valence electrons. The number of benzene rings is 4. The lowest BCUT2D eigenvalue weighted by Crippen LogP contribution is -1.99. The van der Waals surface area contributed by atoms with Gasteiger partial charge in [0.1, 0.15) is 23.3 Å². The van der Waals surface area contributed by atoms with E-state index in [1.54, 1.807) is 36.5 Å². The van der Waals surface area contributed by atoms with Crippen molar-refractivity contribution in [1.82, 2.24) is 15.2 Å². The molecular weight excluding hydrogens is 508 g/mol. The number of fused-ring (bicyclic) bond motifs is 2. The van der Waals surface area contributed by atoms with E-state index in [1.807, 2.05) is 60.7 Å². The van der Waals surface area contributed by atoms with Crippen LogP contribution in [0.4, 0.5) is 11.5 Å². The number of rotatable bonds is 5. The van der Waals surface area contributed by atoms with E-state index in [0.717, 1.165) is 27.4 Å². The molecule has 0 saturated heterocycles. The lowest BCUT2D eigenvalue weighted by Gasteiger charge is -2.13. The van der Waals surface area contributed by atoms with E-state index in [2.05, 4.69) is 32.6 Å². The van der Waals surface area contributed by atoms with E-state index in [0.29, 0.717) is 44.7 Å². The molecule has 0 atom stereocenters. The molecule has 0 radical (unpaired) electrons. The van der Waals surface area contributed by atoms with Gasteiger partial charge < -0.3 is 10.1 Å². The predicted octanol–water partition coefficient (Wildman–Crippen LogP) is 7.78. The van der Waals surface area contributed by atoms with Crippen LogP contribution in [0.5, 0.6) is 11.5 Å². The maximum absolute atomic E-state index is 9.38. The zero-order valence-electron chi connectivity index (χ0n) is 20.3. The number of anilines is 2. The minimum atomic E-state index is 0.385. The Balaban J connectivity index is 1.28. The zero-order chi connectivity index (χ0) is 26.8. The molecule has 0 fully saturated rings. The van der Waals surface area contributed by atoms with Gasteiger partial charge in [-0.15, -0.1) is 10.2 Å². The van der Waals surface area contributed by atoms with Crippen molar-refractivity contribution in [2.24, 2.45) is 0 Å². The second kappa shape index (κ2) is 10.1. The fourth-order valence-corrected chi connectivity index (χ4v) is 4.48. The Morgan fingerprint density at radius 3 is 2.38 bits per heavy atom. The van der Waals surface area contributed by atoms with Crippen molar-refractivity contribution >= 4 is 44.8 Å². The summed E-state index contributed by atoms with van der Waals surface area (Å²) in [6.07, 6.45) is 1.66. The van der Waals surface area contributed by atoms with E-state index in [-0.39, 0.29) is 0 Å². The SMILES string of the molecule is N#Cc1ccc2c(Oc3ccc(Nc4nnc(-c5ccc(Cl)c(C#N)c5)c5ccccc45)cc3)ccnc2c1. The topological polar surface area (TPSA) is 108 Å². The third-order valence-electron chi connectivity index (χ3n) is 6.22. The second-order valence-electron chi connectivity index (χ2n) is 8.65. The van der Waals surface area contributed by atoms with Gasteiger partial charge in [-0.1, -0.05) is 41.9 Å².